The highest BCUT2D eigenvalue weighted by atomic mass is 19.1. The van der Waals surface area contributed by atoms with Gasteiger partial charge in [0.15, 0.2) is 17.6 Å². The fourth-order valence-electron chi connectivity index (χ4n) is 4.61. The number of nitrogens with one attached hydrogen (secondary N) is 2. The number of guanidine groups is 1. The van der Waals surface area contributed by atoms with E-state index in [1.807, 2.05) is 11.9 Å². The molecule has 1 aromatic carbocycles. The van der Waals surface area contributed by atoms with Crippen LogP contribution in [0.15, 0.2) is 47.6 Å². The average molecular weight is 439 g/mol. The second-order valence-electron chi connectivity index (χ2n) is 9.04. The summed E-state index contributed by atoms with van der Waals surface area (Å²) >= 11 is 0. The highest BCUT2D eigenvalue weighted by molar-refractivity contribution is 5.80. The van der Waals surface area contributed by atoms with Crippen molar-refractivity contribution in [2.75, 3.05) is 44.7 Å². The molecule has 0 saturated carbocycles. The van der Waals surface area contributed by atoms with Crippen LogP contribution in [0, 0.1) is 18.7 Å². The zero-order chi connectivity index (χ0) is 22.3. The fraction of sp³-hybridized carbons (Fsp3) is 0.520. The molecule has 0 bridgehead atoms. The Morgan fingerprint density at radius 3 is 2.62 bits per heavy atom. The number of pyridine rings is 1. The molecule has 7 heteroatoms. The lowest BCUT2D eigenvalue weighted by Gasteiger charge is -2.32. The maximum Gasteiger partial charge on any atom is 0.191 e. The Morgan fingerprint density at radius 2 is 1.91 bits per heavy atom. The third-order valence-electron chi connectivity index (χ3n) is 6.58. The Morgan fingerprint density at radius 1 is 1.12 bits per heavy atom. The third kappa shape index (κ3) is 5.97. The smallest absolute Gasteiger partial charge is 0.191 e. The first-order valence-electron chi connectivity index (χ1n) is 11.7. The van der Waals surface area contributed by atoms with Gasteiger partial charge in [0.25, 0.3) is 0 Å². The van der Waals surface area contributed by atoms with Crippen molar-refractivity contribution >= 4 is 11.8 Å². The van der Waals surface area contributed by atoms with Crippen molar-refractivity contribution in [3.8, 4) is 0 Å². The lowest BCUT2D eigenvalue weighted by atomic mass is 9.96. The largest absolute Gasteiger partial charge is 0.356 e. The molecule has 2 N–H and O–H groups in total. The number of rotatable bonds is 6. The number of benzene rings is 1. The van der Waals surface area contributed by atoms with E-state index >= 15 is 0 Å². The minimum atomic E-state index is -0.260. The van der Waals surface area contributed by atoms with E-state index in [-0.39, 0.29) is 11.9 Å². The van der Waals surface area contributed by atoms with E-state index in [0.29, 0.717) is 11.7 Å². The van der Waals surface area contributed by atoms with E-state index in [1.54, 1.807) is 12.3 Å². The number of hydrogen-bond acceptors (Lipinski definition) is 4. The van der Waals surface area contributed by atoms with Crippen molar-refractivity contribution in [2.24, 2.45) is 10.9 Å². The quantitative estimate of drug-likeness (QED) is 0.536. The Kier molecular flexibility index (Phi) is 7.58. The molecule has 1 aromatic heterocycles. The number of likely N-dealkylation sites (tertiary alicyclic amines) is 1. The fourth-order valence-corrected chi connectivity index (χ4v) is 4.61. The topological polar surface area (TPSA) is 55.8 Å². The molecule has 2 aliphatic heterocycles. The molecule has 0 spiro atoms. The molecule has 0 amide bonds. The molecular formula is C25H35FN6. The van der Waals surface area contributed by atoms with Gasteiger partial charge in [-0.15, -0.1) is 0 Å². The van der Waals surface area contributed by atoms with E-state index in [1.165, 1.54) is 30.0 Å². The van der Waals surface area contributed by atoms with Crippen LogP contribution in [0.2, 0.25) is 0 Å². The summed E-state index contributed by atoms with van der Waals surface area (Å²) in [6, 6.07) is 12.2. The number of aromatic nitrogens is 1. The zero-order valence-corrected chi connectivity index (χ0v) is 19.2. The van der Waals surface area contributed by atoms with Gasteiger partial charge >= 0.3 is 0 Å². The van der Waals surface area contributed by atoms with Crippen LogP contribution >= 0.6 is 0 Å². The Bertz CT molecular complexity index is 892. The van der Waals surface area contributed by atoms with Gasteiger partial charge in [-0.05, 0) is 62.9 Å². The van der Waals surface area contributed by atoms with Gasteiger partial charge in [-0.3, -0.25) is 9.89 Å². The molecule has 2 fully saturated rings. The van der Waals surface area contributed by atoms with Crippen LogP contribution < -0.4 is 15.5 Å². The summed E-state index contributed by atoms with van der Waals surface area (Å²) in [5.41, 5.74) is 2.71. The van der Waals surface area contributed by atoms with Crippen molar-refractivity contribution < 1.29 is 4.39 Å². The summed E-state index contributed by atoms with van der Waals surface area (Å²) in [6.45, 7) is 7.91. The van der Waals surface area contributed by atoms with Gasteiger partial charge in [-0.1, -0.05) is 29.8 Å². The first-order valence-corrected chi connectivity index (χ1v) is 11.7. The van der Waals surface area contributed by atoms with E-state index in [9.17, 15) is 4.39 Å². The van der Waals surface area contributed by atoms with Crippen LogP contribution in [0.4, 0.5) is 10.2 Å². The van der Waals surface area contributed by atoms with Crippen molar-refractivity contribution in [1.29, 1.82) is 0 Å². The summed E-state index contributed by atoms with van der Waals surface area (Å²) in [6.07, 6.45) is 4.98. The van der Waals surface area contributed by atoms with Crippen LogP contribution in [-0.2, 0) is 6.54 Å². The molecule has 3 heterocycles. The second-order valence-corrected chi connectivity index (χ2v) is 9.04. The van der Waals surface area contributed by atoms with Gasteiger partial charge in [0.05, 0.1) is 0 Å². The maximum atomic E-state index is 14.0. The molecule has 172 valence electrons. The number of nitrogens with zero attached hydrogens (tertiary/aromatic N) is 4. The van der Waals surface area contributed by atoms with Gasteiger partial charge in [-0.2, -0.15) is 0 Å². The molecule has 1 atom stereocenters. The number of aryl methyl sites for hydroxylation is 1. The van der Waals surface area contributed by atoms with Gasteiger partial charge in [0, 0.05) is 45.5 Å². The van der Waals surface area contributed by atoms with Crippen molar-refractivity contribution in [1.82, 2.24) is 20.5 Å². The first-order chi connectivity index (χ1) is 15.6. The van der Waals surface area contributed by atoms with E-state index in [0.717, 1.165) is 51.6 Å². The number of hydrogen-bond donors (Lipinski definition) is 2. The molecule has 2 saturated heterocycles. The second kappa shape index (κ2) is 10.8. The Hall–Kier alpha value is -2.67. The highest BCUT2D eigenvalue weighted by Gasteiger charge is 2.26. The molecule has 4 rings (SSSR count). The minimum Gasteiger partial charge on any atom is -0.356 e. The molecule has 0 aliphatic carbocycles. The monoisotopic (exact) mass is 438 g/mol. The molecule has 2 aromatic rings. The SMILES string of the molecule is CN=C(NCC1CCN(Cc2ccc(C)cc2)CC1)NC1CCN(c2ncccc2F)C1. The molecule has 32 heavy (non-hydrogen) atoms. The standard InChI is InChI=1S/C25H35FN6/c1-19-5-7-21(8-6-19)17-31-13-9-20(10-14-31)16-29-25(27-2)30-22-11-15-32(18-22)24-23(26)4-3-12-28-24/h3-8,12,20,22H,9-11,13-18H2,1-2H3,(H2,27,29,30). The molecule has 1 unspecified atom stereocenters. The summed E-state index contributed by atoms with van der Waals surface area (Å²) in [5, 5.41) is 7.02. The minimum absolute atomic E-state index is 0.235. The van der Waals surface area contributed by atoms with Gasteiger partial charge in [0.1, 0.15) is 0 Å². The number of piperidine rings is 1. The van der Waals surface area contributed by atoms with E-state index < -0.39 is 0 Å². The van der Waals surface area contributed by atoms with Gasteiger partial charge in [-0.25, -0.2) is 9.37 Å². The van der Waals surface area contributed by atoms with Crippen LogP contribution in [0.5, 0.6) is 0 Å². The van der Waals surface area contributed by atoms with Gasteiger partial charge < -0.3 is 15.5 Å². The van der Waals surface area contributed by atoms with Crippen molar-refractivity contribution in [3.05, 3.63) is 59.5 Å². The lowest BCUT2D eigenvalue weighted by molar-refractivity contribution is 0.178. The van der Waals surface area contributed by atoms with E-state index in [2.05, 4.69) is 56.7 Å². The number of aliphatic imine (C=N–C) groups is 1. The average Bonchev–Trinajstić information content (AvgIpc) is 3.27. The van der Waals surface area contributed by atoms with Crippen LogP contribution in [0.25, 0.3) is 0 Å². The van der Waals surface area contributed by atoms with Crippen molar-refractivity contribution in [3.63, 3.8) is 0 Å². The van der Waals surface area contributed by atoms with Crippen molar-refractivity contribution in [2.45, 2.75) is 38.8 Å². The maximum absolute atomic E-state index is 14.0. The van der Waals surface area contributed by atoms with Crippen LogP contribution in [0.1, 0.15) is 30.4 Å². The number of halogens is 1. The van der Waals surface area contributed by atoms with Gasteiger partial charge in [0.2, 0.25) is 0 Å². The highest BCUT2D eigenvalue weighted by Crippen LogP contribution is 2.21. The summed E-state index contributed by atoms with van der Waals surface area (Å²) in [7, 11) is 1.81. The Labute approximate surface area is 190 Å². The summed E-state index contributed by atoms with van der Waals surface area (Å²) in [4.78, 5) is 13.2. The third-order valence-corrected chi connectivity index (χ3v) is 6.58. The molecular weight excluding hydrogens is 403 g/mol. The summed E-state index contributed by atoms with van der Waals surface area (Å²) in [5.74, 6) is 1.67. The summed E-state index contributed by atoms with van der Waals surface area (Å²) < 4.78 is 14.0. The number of anilines is 1. The van der Waals surface area contributed by atoms with Crippen LogP contribution in [0.3, 0.4) is 0 Å². The Balaban J connectivity index is 1.18. The first kappa shape index (κ1) is 22.5. The lowest BCUT2D eigenvalue weighted by Crippen LogP contribution is -2.47. The molecule has 0 radical (unpaired) electrons. The molecule has 6 nitrogen and oxygen atoms in total. The normalized spacial score (nSPS) is 20.5. The predicted molar refractivity (Wildman–Crippen MR) is 128 cm³/mol. The van der Waals surface area contributed by atoms with E-state index in [4.69, 9.17) is 0 Å². The predicted octanol–water partition coefficient (Wildman–Crippen LogP) is 3.19. The molecule has 2 aliphatic rings. The van der Waals surface area contributed by atoms with Crippen LogP contribution in [-0.4, -0.2) is 61.7 Å². The zero-order valence-electron chi connectivity index (χ0n) is 19.2.